The molecule has 1 fully saturated rings. The number of rotatable bonds is 3. The molecule has 4 heteroatoms. The summed E-state index contributed by atoms with van der Waals surface area (Å²) in [4.78, 5) is 28.0. The summed E-state index contributed by atoms with van der Waals surface area (Å²) < 4.78 is 0. The largest absolute Gasteiger partial charge is 0.367 e. The molecule has 0 atom stereocenters. The third kappa shape index (κ3) is 2.75. The highest BCUT2D eigenvalue weighted by atomic mass is 16.2. The van der Waals surface area contributed by atoms with Crippen LogP contribution in [0.4, 0.5) is 0 Å². The Kier molecular flexibility index (Phi) is 3.61. The first-order chi connectivity index (χ1) is 8.18. The lowest BCUT2D eigenvalue weighted by Crippen LogP contribution is -2.34. The minimum Gasteiger partial charge on any atom is -0.367 e. The second-order valence-electron chi connectivity index (χ2n) is 4.76. The standard InChI is InChI=1S/C13H18N2O2/c1-15(9-10-4-2-3-5-10)13(17)11-8-14-7-6-12(11)16/h6-8,10H,2-5,9H2,1H3,(H,14,16). The lowest BCUT2D eigenvalue weighted by Gasteiger charge is -2.20. The Balaban J connectivity index is 2.04. The van der Waals surface area contributed by atoms with E-state index in [2.05, 4.69) is 4.98 Å². The van der Waals surface area contributed by atoms with Gasteiger partial charge in [-0.15, -0.1) is 0 Å². The summed E-state index contributed by atoms with van der Waals surface area (Å²) in [5.41, 5.74) is 0.0139. The van der Waals surface area contributed by atoms with Crippen LogP contribution in [0.15, 0.2) is 23.3 Å². The number of nitrogens with one attached hydrogen (secondary N) is 1. The van der Waals surface area contributed by atoms with Crippen molar-refractivity contribution in [2.75, 3.05) is 13.6 Å². The van der Waals surface area contributed by atoms with E-state index in [0.29, 0.717) is 5.92 Å². The molecule has 1 aromatic rings. The van der Waals surface area contributed by atoms with Crippen molar-refractivity contribution in [2.24, 2.45) is 5.92 Å². The van der Waals surface area contributed by atoms with Crippen LogP contribution >= 0.6 is 0 Å². The topological polar surface area (TPSA) is 53.2 Å². The highest BCUT2D eigenvalue weighted by Gasteiger charge is 2.21. The van der Waals surface area contributed by atoms with Crippen molar-refractivity contribution < 1.29 is 4.79 Å². The van der Waals surface area contributed by atoms with Gasteiger partial charge in [0, 0.05) is 32.1 Å². The van der Waals surface area contributed by atoms with Crippen LogP contribution in [0.3, 0.4) is 0 Å². The second-order valence-corrected chi connectivity index (χ2v) is 4.76. The number of pyridine rings is 1. The number of hydrogen-bond acceptors (Lipinski definition) is 2. The second kappa shape index (κ2) is 5.17. The van der Waals surface area contributed by atoms with E-state index < -0.39 is 0 Å². The minimum absolute atomic E-state index is 0.182. The van der Waals surface area contributed by atoms with Crippen LogP contribution in [0, 0.1) is 5.92 Å². The summed E-state index contributed by atoms with van der Waals surface area (Å²) in [6, 6.07) is 1.39. The van der Waals surface area contributed by atoms with E-state index in [1.54, 1.807) is 11.9 Å². The summed E-state index contributed by atoms with van der Waals surface area (Å²) in [6.07, 6.45) is 7.94. The fourth-order valence-electron chi connectivity index (χ4n) is 2.45. The average Bonchev–Trinajstić information content (AvgIpc) is 2.81. The fraction of sp³-hybridized carbons (Fsp3) is 0.538. The lowest BCUT2D eigenvalue weighted by atomic mass is 10.1. The van der Waals surface area contributed by atoms with Crippen LogP contribution in [0.5, 0.6) is 0 Å². The molecule has 0 saturated heterocycles. The Labute approximate surface area is 101 Å². The van der Waals surface area contributed by atoms with Gasteiger partial charge in [-0.3, -0.25) is 9.59 Å². The molecule has 0 radical (unpaired) electrons. The highest BCUT2D eigenvalue weighted by Crippen LogP contribution is 2.25. The first-order valence-electron chi connectivity index (χ1n) is 6.11. The summed E-state index contributed by atoms with van der Waals surface area (Å²) >= 11 is 0. The third-order valence-electron chi connectivity index (χ3n) is 3.41. The maximum Gasteiger partial charge on any atom is 0.259 e. The Morgan fingerprint density at radius 3 is 2.82 bits per heavy atom. The number of nitrogens with zero attached hydrogens (tertiary/aromatic N) is 1. The Morgan fingerprint density at radius 1 is 1.47 bits per heavy atom. The number of hydrogen-bond donors (Lipinski definition) is 1. The van der Waals surface area contributed by atoms with Crippen LogP contribution < -0.4 is 5.43 Å². The van der Waals surface area contributed by atoms with Crippen molar-refractivity contribution >= 4 is 5.91 Å². The lowest BCUT2D eigenvalue weighted by molar-refractivity contribution is 0.0771. The molecule has 1 heterocycles. The van der Waals surface area contributed by atoms with Crippen molar-refractivity contribution in [2.45, 2.75) is 25.7 Å². The Morgan fingerprint density at radius 2 is 2.18 bits per heavy atom. The number of aromatic amines is 1. The number of H-pyrrole nitrogens is 1. The monoisotopic (exact) mass is 234 g/mol. The third-order valence-corrected chi connectivity index (χ3v) is 3.41. The molecule has 1 saturated carbocycles. The van der Waals surface area contributed by atoms with Crippen LogP contribution in [0.25, 0.3) is 0 Å². The van der Waals surface area contributed by atoms with Gasteiger partial charge < -0.3 is 9.88 Å². The van der Waals surface area contributed by atoms with Gasteiger partial charge in [0.1, 0.15) is 5.56 Å². The minimum atomic E-state index is -0.216. The molecular formula is C13H18N2O2. The van der Waals surface area contributed by atoms with Gasteiger partial charge in [0.25, 0.3) is 5.91 Å². The zero-order valence-electron chi connectivity index (χ0n) is 10.1. The Bertz CT molecular complexity index is 447. The van der Waals surface area contributed by atoms with Crippen molar-refractivity contribution in [1.82, 2.24) is 9.88 Å². The Hall–Kier alpha value is -1.58. The molecule has 17 heavy (non-hydrogen) atoms. The van der Waals surface area contributed by atoms with Crippen LogP contribution in [-0.4, -0.2) is 29.4 Å². The molecule has 1 aliphatic rings. The predicted molar refractivity (Wildman–Crippen MR) is 66.0 cm³/mol. The maximum absolute atomic E-state index is 12.1. The zero-order valence-corrected chi connectivity index (χ0v) is 10.1. The molecule has 1 aromatic heterocycles. The summed E-state index contributed by atoms with van der Waals surface area (Å²) in [5, 5.41) is 0. The smallest absolute Gasteiger partial charge is 0.259 e. The molecule has 1 aliphatic carbocycles. The van der Waals surface area contributed by atoms with E-state index in [1.165, 1.54) is 44.1 Å². The maximum atomic E-state index is 12.1. The van der Waals surface area contributed by atoms with E-state index >= 15 is 0 Å². The zero-order chi connectivity index (χ0) is 12.3. The normalized spacial score (nSPS) is 16.1. The van der Waals surface area contributed by atoms with Gasteiger partial charge in [-0.1, -0.05) is 12.8 Å². The molecule has 0 unspecified atom stereocenters. The van der Waals surface area contributed by atoms with E-state index in [9.17, 15) is 9.59 Å². The molecule has 1 amide bonds. The van der Waals surface area contributed by atoms with Crippen molar-refractivity contribution in [3.8, 4) is 0 Å². The number of carbonyl (C=O) groups excluding carboxylic acids is 1. The molecule has 0 aromatic carbocycles. The van der Waals surface area contributed by atoms with Crippen molar-refractivity contribution in [3.05, 3.63) is 34.2 Å². The SMILES string of the molecule is CN(CC1CCCC1)C(=O)c1c[nH]ccc1=O. The predicted octanol–water partition coefficient (Wildman–Crippen LogP) is 1.64. The molecule has 4 nitrogen and oxygen atoms in total. The average molecular weight is 234 g/mol. The first-order valence-corrected chi connectivity index (χ1v) is 6.11. The number of carbonyl (C=O) groups is 1. The van der Waals surface area contributed by atoms with Gasteiger partial charge in [-0.2, -0.15) is 0 Å². The summed E-state index contributed by atoms with van der Waals surface area (Å²) in [5.74, 6) is 0.422. The van der Waals surface area contributed by atoms with Gasteiger partial charge in [-0.25, -0.2) is 0 Å². The molecule has 1 N–H and O–H groups in total. The van der Waals surface area contributed by atoms with Crippen molar-refractivity contribution in [3.63, 3.8) is 0 Å². The van der Waals surface area contributed by atoms with Gasteiger partial charge in [0.15, 0.2) is 5.43 Å². The summed E-state index contributed by atoms with van der Waals surface area (Å²) in [6.45, 7) is 0.757. The fourth-order valence-corrected chi connectivity index (χ4v) is 2.45. The van der Waals surface area contributed by atoms with Crippen LogP contribution in [-0.2, 0) is 0 Å². The quantitative estimate of drug-likeness (QED) is 0.864. The molecule has 2 rings (SSSR count). The highest BCUT2D eigenvalue weighted by molar-refractivity contribution is 5.93. The van der Waals surface area contributed by atoms with Gasteiger partial charge >= 0.3 is 0 Å². The number of aromatic nitrogens is 1. The molecular weight excluding hydrogens is 216 g/mol. The van der Waals surface area contributed by atoms with Gasteiger partial charge in [0.2, 0.25) is 0 Å². The summed E-state index contributed by atoms with van der Waals surface area (Å²) in [7, 11) is 1.77. The van der Waals surface area contributed by atoms with E-state index in [0.717, 1.165) is 6.54 Å². The van der Waals surface area contributed by atoms with E-state index in [4.69, 9.17) is 0 Å². The molecule has 0 spiro atoms. The van der Waals surface area contributed by atoms with Crippen molar-refractivity contribution in [1.29, 1.82) is 0 Å². The molecule has 92 valence electrons. The molecule has 0 aliphatic heterocycles. The van der Waals surface area contributed by atoms with Gasteiger partial charge in [-0.05, 0) is 18.8 Å². The van der Waals surface area contributed by atoms with Crippen LogP contribution in [0.1, 0.15) is 36.0 Å². The van der Waals surface area contributed by atoms with E-state index in [1.807, 2.05) is 0 Å². The van der Waals surface area contributed by atoms with Crippen LogP contribution in [0.2, 0.25) is 0 Å². The van der Waals surface area contributed by atoms with Gasteiger partial charge in [0.05, 0.1) is 0 Å². The molecule has 0 bridgehead atoms. The number of amides is 1. The first kappa shape index (κ1) is 11.9. The van der Waals surface area contributed by atoms with E-state index in [-0.39, 0.29) is 16.9 Å².